The second-order valence-electron chi connectivity index (χ2n) is 4.37. The molecule has 1 aliphatic carbocycles. The lowest BCUT2D eigenvalue weighted by molar-refractivity contribution is 0.0444. The largest absolute Gasteiger partial charge is 0.385 e. The Morgan fingerprint density at radius 1 is 1.20 bits per heavy atom. The minimum absolute atomic E-state index is 0.0694. The van der Waals surface area contributed by atoms with E-state index < -0.39 is 5.60 Å². The topological polar surface area (TPSA) is 37.3 Å². The van der Waals surface area contributed by atoms with Crippen LogP contribution in [0.15, 0.2) is 24.3 Å². The van der Waals surface area contributed by atoms with Gasteiger partial charge in [0.2, 0.25) is 0 Å². The minimum Gasteiger partial charge on any atom is -0.385 e. The van der Waals surface area contributed by atoms with E-state index in [9.17, 15) is 9.90 Å². The smallest absolute Gasteiger partial charge is 0.159 e. The maximum absolute atomic E-state index is 11.1. The van der Waals surface area contributed by atoms with Crippen LogP contribution in [0.3, 0.4) is 0 Å². The van der Waals surface area contributed by atoms with E-state index in [1.54, 1.807) is 19.1 Å². The molecule has 1 saturated carbocycles. The van der Waals surface area contributed by atoms with Crippen LogP contribution < -0.4 is 0 Å². The Hall–Kier alpha value is -1.15. The third-order valence-corrected chi connectivity index (χ3v) is 3.26. The number of aliphatic hydroxyl groups is 1. The zero-order valence-electron chi connectivity index (χ0n) is 8.99. The van der Waals surface area contributed by atoms with Crippen LogP contribution in [0.25, 0.3) is 0 Å². The molecule has 0 spiro atoms. The number of ketones is 1. The number of benzene rings is 1. The number of Topliss-reactive ketones (excluding diaryl/α,β-unsaturated/α-hetero) is 1. The van der Waals surface area contributed by atoms with Gasteiger partial charge in [0, 0.05) is 5.56 Å². The van der Waals surface area contributed by atoms with Crippen molar-refractivity contribution in [3.8, 4) is 0 Å². The Balaban J connectivity index is 2.26. The van der Waals surface area contributed by atoms with Crippen LogP contribution in [0.5, 0.6) is 0 Å². The molecule has 0 saturated heterocycles. The van der Waals surface area contributed by atoms with Crippen molar-refractivity contribution < 1.29 is 9.90 Å². The molecule has 0 aromatic heterocycles. The van der Waals surface area contributed by atoms with E-state index >= 15 is 0 Å². The summed E-state index contributed by atoms with van der Waals surface area (Å²) >= 11 is 0. The third kappa shape index (κ3) is 1.95. The third-order valence-electron chi connectivity index (χ3n) is 3.26. The molecule has 0 amide bonds. The molecule has 0 heterocycles. The molecule has 80 valence electrons. The Bertz CT molecular complexity index is 359. The number of hydrogen-bond acceptors (Lipinski definition) is 2. The molecule has 2 nitrogen and oxygen atoms in total. The summed E-state index contributed by atoms with van der Waals surface area (Å²) in [6, 6.07) is 7.35. The normalized spacial score (nSPS) is 19.1. The maximum atomic E-state index is 11.1. The summed E-state index contributed by atoms with van der Waals surface area (Å²) in [7, 11) is 0. The van der Waals surface area contributed by atoms with Gasteiger partial charge in [-0.3, -0.25) is 4.79 Å². The van der Waals surface area contributed by atoms with E-state index in [0.717, 1.165) is 31.2 Å². The number of carbonyl (C=O) groups excluding carboxylic acids is 1. The first-order valence-electron chi connectivity index (χ1n) is 5.46. The average molecular weight is 204 g/mol. The van der Waals surface area contributed by atoms with Crippen LogP contribution in [0.2, 0.25) is 0 Å². The molecule has 1 N–H and O–H groups in total. The van der Waals surface area contributed by atoms with Crippen molar-refractivity contribution in [2.75, 3.05) is 0 Å². The molecular weight excluding hydrogens is 188 g/mol. The van der Waals surface area contributed by atoms with E-state index in [1.807, 2.05) is 12.1 Å². The zero-order chi connectivity index (χ0) is 10.9. The van der Waals surface area contributed by atoms with Gasteiger partial charge in [-0.05, 0) is 25.3 Å². The van der Waals surface area contributed by atoms with E-state index in [-0.39, 0.29) is 5.78 Å². The van der Waals surface area contributed by atoms with Crippen molar-refractivity contribution in [3.05, 3.63) is 35.4 Å². The van der Waals surface area contributed by atoms with Crippen LogP contribution >= 0.6 is 0 Å². The summed E-state index contributed by atoms with van der Waals surface area (Å²) in [6.07, 6.45) is 3.86. The fourth-order valence-electron chi connectivity index (χ4n) is 2.26. The molecule has 1 aromatic rings. The van der Waals surface area contributed by atoms with Crippen LogP contribution in [0.4, 0.5) is 0 Å². The molecule has 1 fully saturated rings. The van der Waals surface area contributed by atoms with Gasteiger partial charge in [-0.1, -0.05) is 37.1 Å². The van der Waals surface area contributed by atoms with Gasteiger partial charge >= 0.3 is 0 Å². The maximum Gasteiger partial charge on any atom is 0.159 e. The Kier molecular flexibility index (Phi) is 2.61. The van der Waals surface area contributed by atoms with E-state index in [4.69, 9.17) is 0 Å². The average Bonchev–Trinajstić information content (AvgIpc) is 2.67. The van der Waals surface area contributed by atoms with Gasteiger partial charge in [0.05, 0.1) is 5.60 Å². The van der Waals surface area contributed by atoms with Gasteiger partial charge in [0.15, 0.2) is 5.78 Å². The molecular formula is C13H16O2. The van der Waals surface area contributed by atoms with Crippen molar-refractivity contribution >= 4 is 5.78 Å². The molecule has 2 rings (SSSR count). The lowest BCUT2D eigenvalue weighted by atomic mass is 9.91. The Morgan fingerprint density at radius 3 is 2.20 bits per heavy atom. The van der Waals surface area contributed by atoms with Crippen molar-refractivity contribution in [2.24, 2.45) is 0 Å². The van der Waals surface area contributed by atoms with Crippen molar-refractivity contribution in [1.82, 2.24) is 0 Å². The van der Waals surface area contributed by atoms with Gasteiger partial charge in [0.25, 0.3) is 0 Å². The monoisotopic (exact) mass is 204 g/mol. The molecule has 0 radical (unpaired) electrons. The Morgan fingerprint density at radius 2 is 1.73 bits per heavy atom. The van der Waals surface area contributed by atoms with E-state index in [1.165, 1.54) is 0 Å². The first-order valence-corrected chi connectivity index (χ1v) is 5.46. The van der Waals surface area contributed by atoms with Crippen LogP contribution in [-0.2, 0) is 5.60 Å². The highest BCUT2D eigenvalue weighted by molar-refractivity contribution is 5.94. The highest BCUT2D eigenvalue weighted by Crippen LogP contribution is 2.38. The lowest BCUT2D eigenvalue weighted by Crippen LogP contribution is -2.20. The molecule has 2 heteroatoms. The van der Waals surface area contributed by atoms with Crippen LogP contribution in [0, 0.1) is 0 Å². The molecule has 1 aliphatic rings. The summed E-state index contributed by atoms with van der Waals surface area (Å²) in [5.41, 5.74) is 1.01. The van der Waals surface area contributed by atoms with E-state index in [0.29, 0.717) is 5.56 Å². The fraction of sp³-hybridized carbons (Fsp3) is 0.462. The van der Waals surface area contributed by atoms with Gasteiger partial charge in [-0.25, -0.2) is 0 Å². The number of rotatable bonds is 2. The quantitative estimate of drug-likeness (QED) is 0.752. The molecule has 1 aromatic carbocycles. The van der Waals surface area contributed by atoms with Gasteiger partial charge < -0.3 is 5.11 Å². The van der Waals surface area contributed by atoms with Gasteiger partial charge in [-0.2, -0.15) is 0 Å². The lowest BCUT2D eigenvalue weighted by Gasteiger charge is -2.22. The second kappa shape index (κ2) is 3.78. The Labute approximate surface area is 89.9 Å². The molecule has 0 unspecified atom stereocenters. The second-order valence-corrected chi connectivity index (χ2v) is 4.37. The predicted molar refractivity (Wildman–Crippen MR) is 58.8 cm³/mol. The molecule has 15 heavy (non-hydrogen) atoms. The fourth-order valence-corrected chi connectivity index (χ4v) is 2.26. The minimum atomic E-state index is -0.644. The summed E-state index contributed by atoms with van der Waals surface area (Å²) in [5, 5.41) is 10.3. The van der Waals surface area contributed by atoms with Crippen LogP contribution in [-0.4, -0.2) is 10.9 Å². The van der Waals surface area contributed by atoms with Gasteiger partial charge in [0.1, 0.15) is 0 Å². The van der Waals surface area contributed by atoms with Crippen molar-refractivity contribution in [3.63, 3.8) is 0 Å². The number of hydrogen-bond donors (Lipinski definition) is 1. The molecule has 0 bridgehead atoms. The van der Waals surface area contributed by atoms with E-state index in [2.05, 4.69) is 0 Å². The molecule has 0 atom stereocenters. The first-order chi connectivity index (χ1) is 7.12. The predicted octanol–water partition coefficient (Wildman–Crippen LogP) is 2.65. The summed E-state index contributed by atoms with van der Waals surface area (Å²) < 4.78 is 0. The molecule has 0 aliphatic heterocycles. The summed E-state index contributed by atoms with van der Waals surface area (Å²) in [4.78, 5) is 11.1. The standard InChI is InChI=1S/C13H16O2/c1-10(14)11-4-6-12(7-5-11)13(15)8-2-3-9-13/h4-7,15H,2-3,8-9H2,1H3. The SMILES string of the molecule is CC(=O)c1ccc(C2(O)CCCC2)cc1. The van der Waals surface area contributed by atoms with Gasteiger partial charge in [-0.15, -0.1) is 0 Å². The summed E-state index contributed by atoms with van der Waals surface area (Å²) in [5.74, 6) is 0.0694. The summed E-state index contributed by atoms with van der Waals surface area (Å²) in [6.45, 7) is 1.55. The first kappa shape index (κ1) is 10.4. The van der Waals surface area contributed by atoms with Crippen LogP contribution in [0.1, 0.15) is 48.5 Å². The van der Waals surface area contributed by atoms with Crippen molar-refractivity contribution in [2.45, 2.75) is 38.2 Å². The highest BCUT2D eigenvalue weighted by Gasteiger charge is 2.32. The highest BCUT2D eigenvalue weighted by atomic mass is 16.3. The zero-order valence-corrected chi connectivity index (χ0v) is 8.99. The van der Waals surface area contributed by atoms with Crippen molar-refractivity contribution in [1.29, 1.82) is 0 Å². The number of carbonyl (C=O) groups is 1.